The third-order valence-electron chi connectivity index (χ3n) is 3.55. The Balaban J connectivity index is 2.03. The molecule has 1 aliphatic heterocycles. The van der Waals surface area contributed by atoms with Crippen LogP contribution in [0, 0.1) is 0 Å². The minimum absolute atomic E-state index is 0.0998. The first kappa shape index (κ1) is 16.5. The maximum absolute atomic E-state index is 12.4. The zero-order valence-electron chi connectivity index (χ0n) is 12.2. The summed E-state index contributed by atoms with van der Waals surface area (Å²) in [7, 11) is 0. The number of nitrogens with one attached hydrogen (secondary N) is 2. The number of amides is 1. The third kappa shape index (κ3) is 4.56. The summed E-state index contributed by atoms with van der Waals surface area (Å²) in [6.07, 6.45) is 3.27. The van der Waals surface area contributed by atoms with E-state index in [9.17, 15) is 13.6 Å². The highest BCUT2D eigenvalue weighted by Gasteiger charge is 2.17. The lowest BCUT2D eigenvalue weighted by Gasteiger charge is -2.23. The molecule has 0 aliphatic carbocycles. The first-order valence-electron chi connectivity index (χ1n) is 7.27. The van der Waals surface area contributed by atoms with Crippen LogP contribution in [0.4, 0.5) is 8.78 Å². The van der Waals surface area contributed by atoms with Gasteiger partial charge < -0.3 is 20.1 Å². The van der Waals surface area contributed by atoms with Crippen molar-refractivity contribution in [2.75, 3.05) is 26.8 Å². The Hall–Kier alpha value is -1.89. The van der Waals surface area contributed by atoms with Crippen LogP contribution in [0.1, 0.15) is 29.6 Å². The van der Waals surface area contributed by atoms with Gasteiger partial charge in [-0.3, -0.25) is 4.79 Å². The van der Waals surface area contributed by atoms with Crippen molar-refractivity contribution in [1.82, 2.24) is 10.6 Å². The summed E-state index contributed by atoms with van der Waals surface area (Å²) in [5.41, 5.74) is 0.124. The Kier molecular flexibility index (Phi) is 6.39. The second kappa shape index (κ2) is 8.53. The van der Waals surface area contributed by atoms with E-state index in [0.29, 0.717) is 6.54 Å². The molecule has 0 spiro atoms. The molecule has 1 fully saturated rings. The van der Waals surface area contributed by atoms with E-state index in [1.165, 1.54) is 18.2 Å². The summed E-state index contributed by atoms with van der Waals surface area (Å²) in [6.45, 7) is -0.636. The van der Waals surface area contributed by atoms with Gasteiger partial charge in [0.15, 0.2) is 0 Å². The molecule has 1 saturated heterocycles. The standard InChI is InChI=1S/C15H20F2N2O3/c16-9-21-12-4-5-14(22-10-17)13(7-12)15(20)19-8-11-3-1-2-6-18-11/h4-5,7,11,18H,1-3,6,8-10H2,(H,19,20). The van der Waals surface area contributed by atoms with Crippen LogP contribution in [-0.4, -0.2) is 38.8 Å². The second-order valence-corrected chi connectivity index (χ2v) is 5.02. The SMILES string of the molecule is O=C(NCC1CCCCN1)c1cc(OCF)ccc1OCF. The number of halogens is 2. The molecule has 1 aromatic rings. The van der Waals surface area contributed by atoms with Crippen molar-refractivity contribution in [1.29, 1.82) is 0 Å². The fourth-order valence-corrected chi connectivity index (χ4v) is 2.43. The van der Waals surface area contributed by atoms with E-state index in [1.807, 2.05) is 0 Å². The van der Waals surface area contributed by atoms with Crippen LogP contribution in [0.5, 0.6) is 11.5 Å². The number of ether oxygens (including phenoxy) is 2. The first-order chi connectivity index (χ1) is 10.7. The highest BCUT2D eigenvalue weighted by atomic mass is 19.1. The zero-order chi connectivity index (χ0) is 15.8. The molecule has 1 unspecified atom stereocenters. The number of alkyl halides is 2. The summed E-state index contributed by atoms with van der Waals surface area (Å²) in [5.74, 6) is -0.113. The topological polar surface area (TPSA) is 59.6 Å². The molecule has 122 valence electrons. The van der Waals surface area contributed by atoms with E-state index in [4.69, 9.17) is 9.47 Å². The average molecular weight is 314 g/mol. The molecule has 2 N–H and O–H groups in total. The molecule has 0 radical (unpaired) electrons. The van der Waals surface area contributed by atoms with Crippen LogP contribution < -0.4 is 20.1 Å². The molecule has 5 nitrogen and oxygen atoms in total. The quantitative estimate of drug-likeness (QED) is 0.810. The van der Waals surface area contributed by atoms with E-state index in [2.05, 4.69) is 10.6 Å². The Labute approximate surface area is 128 Å². The normalized spacial score (nSPS) is 17.8. The van der Waals surface area contributed by atoms with Gasteiger partial charge in [-0.1, -0.05) is 6.42 Å². The molecule has 1 atom stereocenters. The van der Waals surface area contributed by atoms with Gasteiger partial charge in [0.2, 0.25) is 13.7 Å². The lowest BCUT2D eigenvalue weighted by atomic mass is 10.0. The van der Waals surface area contributed by atoms with Crippen LogP contribution in [-0.2, 0) is 0 Å². The molecule has 22 heavy (non-hydrogen) atoms. The van der Waals surface area contributed by atoms with Gasteiger partial charge in [-0.25, -0.2) is 8.78 Å². The number of piperidine rings is 1. The molecule has 0 bridgehead atoms. The van der Waals surface area contributed by atoms with Gasteiger partial charge in [-0.05, 0) is 37.6 Å². The Morgan fingerprint density at radius 1 is 1.27 bits per heavy atom. The molecule has 2 rings (SSSR count). The molecule has 1 aliphatic rings. The van der Waals surface area contributed by atoms with E-state index in [-0.39, 0.29) is 23.1 Å². The van der Waals surface area contributed by atoms with Crippen molar-refractivity contribution in [3.63, 3.8) is 0 Å². The van der Waals surface area contributed by atoms with Crippen molar-refractivity contribution in [3.8, 4) is 11.5 Å². The van der Waals surface area contributed by atoms with Gasteiger partial charge in [-0.15, -0.1) is 0 Å². The largest absolute Gasteiger partial charge is 0.463 e. The third-order valence-corrected chi connectivity index (χ3v) is 3.55. The maximum Gasteiger partial charge on any atom is 0.255 e. The lowest BCUT2D eigenvalue weighted by molar-refractivity contribution is 0.0939. The summed E-state index contributed by atoms with van der Waals surface area (Å²) in [4.78, 5) is 12.2. The van der Waals surface area contributed by atoms with Gasteiger partial charge in [0, 0.05) is 12.6 Å². The van der Waals surface area contributed by atoms with E-state index in [1.54, 1.807) is 0 Å². The zero-order valence-corrected chi connectivity index (χ0v) is 12.2. The number of benzene rings is 1. The van der Waals surface area contributed by atoms with E-state index < -0.39 is 19.6 Å². The monoisotopic (exact) mass is 314 g/mol. The van der Waals surface area contributed by atoms with Gasteiger partial charge in [0.25, 0.3) is 5.91 Å². The summed E-state index contributed by atoms with van der Waals surface area (Å²) < 4.78 is 34.1. The molecule has 1 amide bonds. The molecule has 1 heterocycles. The Bertz CT molecular complexity index is 494. The van der Waals surface area contributed by atoms with Crippen molar-refractivity contribution < 1.29 is 23.0 Å². The number of carbonyl (C=O) groups is 1. The smallest absolute Gasteiger partial charge is 0.255 e. The fourth-order valence-electron chi connectivity index (χ4n) is 2.43. The van der Waals surface area contributed by atoms with Crippen LogP contribution >= 0.6 is 0 Å². The predicted octanol–water partition coefficient (Wildman–Crippen LogP) is 2.17. The molecular formula is C15H20F2N2O3. The summed E-state index contributed by atoms with van der Waals surface area (Å²) in [5, 5.41) is 6.10. The predicted molar refractivity (Wildman–Crippen MR) is 77.6 cm³/mol. The van der Waals surface area contributed by atoms with Crippen LogP contribution in [0.15, 0.2) is 18.2 Å². The Morgan fingerprint density at radius 2 is 2.09 bits per heavy atom. The average Bonchev–Trinajstić information content (AvgIpc) is 2.55. The molecule has 0 saturated carbocycles. The highest BCUT2D eigenvalue weighted by molar-refractivity contribution is 5.97. The second-order valence-electron chi connectivity index (χ2n) is 5.02. The number of carbonyl (C=O) groups excluding carboxylic acids is 1. The van der Waals surface area contributed by atoms with Crippen molar-refractivity contribution in [2.45, 2.75) is 25.3 Å². The molecule has 0 aromatic heterocycles. The lowest BCUT2D eigenvalue weighted by Crippen LogP contribution is -2.43. The van der Waals surface area contributed by atoms with Gasteiger partial charge in [-0.2, -0.15) is 0 Å². The highest BCUT2D eigenvalue weighted by Crippen LogP contribution is 2.24. The van der Waals surface area contributed by atoms with Gasteiger partial charge in [0.1, 0.15) is 11.5 Å². The number of rotatable bonds is 7. The van der Waals surface area contributed by atoms with Crippen LogP contribution in [0.3, 0.4) is 0 Å². The minimum Gasteiger partial charge on any atom is -0.463 e. The maximum atomic E-state index is 12.4. The van der Waals surface area contributed by atoms with Crippen LogP contribution in [0.2, 0.25) is 0 Å². The molecule has 1 aromatic carbocycles. The van der Waals surface area contributed by atoms with Gasteiger partial charge in [0.05, 0.1) is 5.56 Å². The summed E-state index contributed by atoms with van der Waals surface area (Å²) in [6, 6.07) is 4.38. The van der Waals surface area contributed by atoms with E-state index in [0.717, 1.165) is 25.8 Å². The van der Waals surface area contributed by atoms with E-state index >= 15 is 0 Å². The fraction of sp³-hybridized carbons (Fsp3) is 0.533. The molecular weight excluding hydrogens is 294 g/mol. The first-order valence-corrected chi connectivity index (χ1v) is 7.27. The Morgan fingerprint density at radius 3 is 2.77 bits per heavy atom. The minimum atomic E-state index is -1.05. The van der Waals surface area contributed by atoms with Crippen molar-refractivity contribution >= 4 is 5.91 Å². The molecule has 7 heteroatoms. The number of hydrogen-bond acceptors (Lipinski definition) is 4. The number of hydrogen-bond donors (Lipinski definition) is 2. The summed E-state index contributed by atoms with van der Waals surface area (Å²) >= 11 is 0. The van der Waals surface area contributed by atoms with Gasteiger partial charge >= 0.3 is 0 Å². The van der Waals surface area contributed by atoms with Crippen molar-refractivity contribution in [2.24, 2.45) is 0 Å². The van der Waals surface area contributed by atoms with Crippen molar-refractivity contribution in [3.05, 3.63) is 23.8 Å². The van der Waals surface area contributed by atoms with Crippen LogP contribution in [0.25, 0.3) is 0 Å².